The molecule has 0 radical (unpaired) electrons. The lowest BCUT2D eigenvalue weighted by molar-refractivity contribution is -0.139. The fraction of sp³-hybridized carbons (Fsp3) is 0.214. The van der Waals surface area contributed by atoms with E-state index in [0.717, 1.165) is 33.8 Å². The zero-order valence-electron chi connectivity index (χ0n) is 11.0. The van der Waals surface area contributed by atoms with Crippen molar-refractivity contribution in [1.29, 1.82) is 0 Å². The highest BCUT2D eigenvalue weighted by molar-refractivity contribution is 9.10. The van der Waals surface area contributed by atoms with Crippen LogP contribution in [0.25, 0.3) is 10.9 Å². The summed E-state index contributed by atoms with van der Waals surface area (Å²) in [5.74, 6) is -1.39. The molecule has 2 aromatic rings. The van der Waals surface area contributed by atoms with Crippen LogP contribution >= 0.6 is 15.9 Å². The first kappa shape index (κ1) is 13.8. The Balaban J connectivity index is 1.65. The van der Waals surface area contributed by atoms with Crippen molar-refractivity contribution in [2.75, 3.05) is 0 Å². The average Bonchev–Trinajstić information content (AvgIpc) is 3.19. The SMILES string of the molecule is O=C(N/N=C/c1c[nH]c2ccc(Br)cc12)C(=O)NC1CC1. The Morgan fingerprint density at radius 1 is 1.33 bits per heavy atom. The van der Waals surface area contributed by atoms with Crippen LogP contribution in [-0.4, -0.2) is 29.1 Å². The molecule has 6 nitrogen and oxygen atoms in total. The standard InChI is InChI=1S/C14H13BrN4O2/c15-9-1-4-12-11(5-9)8(6-16-12)7-17-19-14(21)13(20)18-10-2-3-10/h1,4-7,10,16H,2-3H2,(H,18,20)(H,19,21)/b17-7+. The van der Waals surface area contributed by atoms with Gasteiger partial charge in [-0.3, -0.25) is 9.59 Å². The summed E-state index contributed by atoms with van der Waals surface area (Å²) >= 11 is 3.41. The fourth-order valence-electron chi connectivity index (χ4n) is 1.91. The second-order valence-electron chi connectivity index (χ2n) is 4.88. The molecular weight excluding hydrogens is 336 g/mol. The van der Waals surface area contributed by atoms with E-state index in [1.54, 1.807) is 6.20 Å². The van der Waals surface area contributed by atoms with E-state index in [1.807, 2.05) is 18.2 Å². The maximum atomic E-state index is 11.5. The Labute approximate surface area is 129 Å². The van der Waals surface area contributed by atoms with Crippen LogP contribution in [0.3, 0.4) is 0 Å². The van der Waals surface area contributed by atoms with E-state index < -0.39 is 11.8 Å². The maximum Gasteiger partial charge on any atom is 0.329 e. The number of carbonyl (C=O) groups is 2. The van der Waals surface area contributed by atoms with Crippen molar-refractivity contribution >= 4 is 44.9 Å². The summed E-state index contributed by atoms with van der Waals surface area (Å²) in [6.07, 6.45) is 5.17. The number of rotatable bonds is 3. The number of hydrogen-bond donors (Lipinski definition) is 3. The molecule has 1 aliphatic carbocycles. The first-order valence-electron chi connectivity index (χ1n) is 6.54. The predicted octanol–water partition coefficient (Wildman–Crippen LogP) is 1.66. The Hall–Kier alpha value is -2.15. The minimum Gasteiger partial charge on any atom is -0.361 e. The molecule has 7 heteroatoms. The van der Waals surface area contributed by atoms with Crippen molar-refractivity contribution in [3.63, 3.8) is 0 Å². The van der Waals surface area contributed by atoms with Crippen LogP contribution < -0.4 is 10.7 Å². The number of aromatic amines is 1. The molecule has 0 spiro atoms. The third-order valence-electron chi connectivity index (χ3n) is 3.16. The highest BCUT2D eigenvalue weighted by Gasteiger charge is 2.26. The van der Waals surface area contributed by atoms with Crippen molar-refractivity contribution in [2.24, 2.45) is 5.10 Å². The lowest BCUT2D eigenvalue weighted by atomic mass is 10.2. The molecule has 3 rings (SSSR count). The monoisotopic (exact) mass is 348 g/mol. The molecule has 0 aliphatic heterocycles. The number of hydrogen-bond acceptors (Lipinski definition) is 3. The van der Waals surface area contributed by atoms with Gasteiger partial charge in [-0.05, 0) is 31.0 Å². The van der Waals surface area contributed by atoms with E-state index in [9.17, 15) is 9.59 Å². The maximum absolute atomic E-state index is 11.5. The van der Waals surface area contributed by atoms with Gasteiger partial charge in [-0.25, -0.2) is 5.43 Å². The second-order valence-corrected chi connectivity index (χ2v) is 5.80. The van der Waals surface area contributed by atoms with E-state index in [2.05, 4.69) is 36.8 Å². The minimum atomic E-state index is -0.751. The van der Waals surface area contributed by atoms with Crippen LogP contribution in [0, 0.1) is 0 Å². The molecule has 1 aromatic carbocycles. The van der Waals surface area contributed by atoms with E-state index in [0.29, 0.717) is 0 Å². The second kappa shape index (κ2) is 5.69. The molecule has 1 heterocycles. The average molecular weight is 349 g/mol. The van der Waals surface area contributed by atoms with Crippen LogP contribution in [0.5, 0.6) is 0 Å². The molecule has 0 atom stereocenters. The summed E-state index contributed by atoms with van der Waals surface area (Å²) in [6.45, 7) is 0. The minimum absolute atomic E-state index is 0.151. The quantitative estimate of drug-likeness (QED) is 0.447. The Bertz CT molecular complexity index is 734. The first-order chi connectivity index (χ1) is 10.1. The number of nitrogens with one attached hydrogen (secondary N) is 3. The summed E-state index contributed by atoms with van der Waals surface area (Å²) in [4.78, 5) is 26.0. The third-order valence-corrected chi connectivity index (χ3v) is 3.66. The van der Waals surface area contributed by atoms with Gasteiger partial charge in [0.05, 0.1) is 6.21 Å². The molecule has 3 N–H and O–H groups in total. The van der Waals surface area contributed by atoms with Gasteiger partial charge in [0.2, 0.25) is 0 Å². The summed E-state index contributed by atoms with van der Waals surface area (Å²) < 4.78 is 0.956. The Kier molecular flexibility index (Phi) is 3.74. The number of amides is 2. The number of H-pyrrole nitrogens is 1. The lowest BCUT2D eigenvalue weighted by Gasteiger charge is -2.00. The number of fused-ring (bicyclic) bond motifs is 1. The topological polar surface area (TPSA) is 86.3 Å². The van der Waals surface area contributed by atoms with Crippen LogP contribution in [0.4, 0.5) is 0 Å². The number of halogens is 1. The summed E-state index contributed by atoms with van der Waals surface area (Å²) in [7, 11) is 0. The number of carbonyl (C=O) groups excluding carboxylic acids is 2. The van der Waals surface area contributed by atoms with E-state index >= 15 is 0 Å². The highest BCUT2D eigenvalue weighted by atomic mass is 79.9. The summed E-state index contributed by atoms with van der Waals surface area (Å²) in [5.41, 5.74) is 4.02. The van der Waals surface area contributed by atoms with E-state index in [-0.39, 0.29) is 6.04 Å². The zero-order valence-corrected chi connectivity index (χ0v) is 12.6. The molecule has 0 unspecified atom stereocenters. The van der Waals surface area contributed by atoms with Gasteiger partial charge in [-0.2, -0.15) is 5.10 Å². The van der Waals surface area contributed by atoms with Crippen LogP contribution in [0.15, 0.2) is 34.0 Å². The lowest BCUT2D eigenvalue weighted by Crippen LogP contribution is -2.38. The predicted molar refractivity (Wildman–Crippen MR) is 82.9 cm³/mol. The zero-order chi connectivity index (χ0) is 14.8. The van der Waals surface area contributed by atoms with Gasteiger partial charge in [-0.15, -0.1) is 0 Å². The number of hydrazone groups is 1. The number of aromatic nitrogens is 1. The van der Waals surface area contributed by atoms with Crippen molar-refractivity contribution in [3.05, 3.63) is 34.4 Å². The van der Waals surface area contributed by atoms with Crippen molar-refractivity contribution < 1.29 is 9.59 Å². The molecule has 21 heavy (non-hydrogen) atoms. The normalized spacial score (nSPS) is 14.5. The van der Waals surface area contributed by atoms with Gasteiger partial charge in [0.1, 0.15) is 0 Å². The van der Waals surface area contributed by atoms with E-state index in [1.165, 1.54) is 6.21 Å². The molecule has 0 saturated heterocycles. The smallest absolute Gasteiger partial charge is 0.329 e. The van der Waals surface area contributed by atoms with Crippen LogP contribution in [0.2, 0.25) is 0 Å². The van der Waals surface area contributed by atoms with Gasteiger partial charge in [0.25, 0.3) is 0 Å². The van der Waals surface area contributed by atoms with Crippen molar-refractivity contribution in [1.82, 2.24) is 15.7 Å². The first-order valence-corrected chi connectivity index (χ1v) is 7.33. The van der Waals surface area contributed by atoms with E-state index in [4.69, 9.17) is 0 Å². The van der Waals surface area contributed by atoms with Crippen molar-refractivity contribution in [3.8, 4) is 0 Å². The van der Waals surface area contributed by atoms with Gasteiger partial charge < -0.3 is 10.3 Å². The molecule has 1 saturated carbocycles. The van der Waals surface area contributed by atoms with Gasteiger partial charge >= 0.3 is 11.8 Å². The third kappa shape index (κ3) is 3.30. The van der Waals surface area contributed by atoms with Gasteiger partial charge in [-0.1, -0.05) is 15.9 Å². The largest absolute Gasteiger partial charge is 0.361 e. The Morgan fingerprint density at radius 2 is 2.14 bits per heavy atom. The van der Waals surface area contributed by atoms with Crippen molar-refractivity contribution in [2.45, 2.75) is 18.9 Å². The summed E-state index contributed by atoms with van der Waals surface area (Å²) in [5, 5.41) is 7.40. The molecule has 1 aliphatic rings. The van der Waals surface area contributed by atoms with Crippen LogP contribution in [0.1, 0.15) is 18.4 Å². The van der Waals surface area contributed by atoms with Gasteiger partial charge in [0.15, 0.2) is 0 Å². The van der Waals surface area contributed by atoms with Crippen LogP contribution in [-0.2, 0) is 9.59 Å². The Morgan fingerprint density at radius 3 is 2.90 bits per heavy atom. The molecule has 0 bridgehead atoms. The molecule has 1 aromatic heterocycles. The molecule has 2 amide bonds. The van der Waals surface area contributed by atoms with Gasteiger partial charge in [0, 0.05) is 33.2 Å². The molecule has 108 valence electrons. The number of nitrogens with zero attached hydrogens (tertiary/aromatic N) is 1. The fourth-order valence-corrected chi connectivity index (χ4v) is 2.27. The number of benzene rings is 1. The highest BCUT2D eigenvalue weighted by Crippen LogP contribution is 2.21. The molecular formula is C14H13BrN4O2. The summed E-state index contributed by atoms with van der Waals surface area (Å²) in [6, 6.07) is 5.98. The molecule has 1 fully saturated rings.